The summed E-state index contributed by atoms with van der Waals surface area (Å²) in [6.07, 6.45) is 3.38. The second-order valence-electron chi connectivity index (χ2n) is 3.80. The largest absolute Gasteiger partial charge is 0.366 e. The monoisotopic (exact) mass is 250 g/mol. The molecule has 0 fully saturated rings. The molecule has 19 heavy (non-hydrogen) atoms. The summed E-state index contributed by atoms with van der Waals surface area (Å²) < 4.78 is 0. The van der Waals surface area contributed by atoms with Gasteiger partial charge in [0.15, 0.2) is 0 Å². The average Bonchev–Trinajstić information content (AvgIpc) is 2.49. The van der Waals surface area contributed by atoms with Crippen molar-refractivity contribution in [1.29, 1.82) is 0 Å². The molecule has 3 heterocycles. The van der Waals surface area contributed by atoms with E-state index in [2.05, 4.69) is 25.1 Å². The molecule has 6 heteroatoms. The van der Waals surface area contributed by atoms with Gasteiger partial charge in [0.25, 0.3) is 0 Å². The molecule has 0 atom stereocenters. The van der Waals surface area contributed by atoms with E-state index in [0.29, 0.717) is 22.8 Å². The number of aromatic nitrogens is 5. The van der Waals surface area contributed by atoms with Crippen molar-refractivity contribution in [1.82, 2.24) is 25.1 Å². The fourth-order valence-electron chi connectivity index (χ4n) is 1.70. The molecule has 6 nitrogen and oxygen atoms in total. The molecular weight excluding hydrogens is 240 g/mol. The standard InChI is InChI=1S/C13H10N6/c14-13-17-11(9-5-1-3-7-15-9)12(18-19-13)10-6-2-4-8-16-10/h1-8H,(H2,14,17,19). The molecule has 92 valence electrons. The van der Waals surface area contributed by atoms with Crippen molar-refractivity contribution in [2.24, 2.45) is 0 Å². The minimum Gasteiger partial charge on any atom is -0.366 e. The molecule has 0 radical (unpaired) electrons. The van der Waals surface area contributed by atoms with Crippen molar-refractivity contribution in [3.05, 3.63) is 48.8 Å². The number of nitrogen functional groups attached to an aromatic ring is 1. The van der Waals surface area contributed by atoms with E-state index < -0.39 is 0 Å². The summed E-state index contributed by atoms with van der Waals surface area (Å²) in [5, 5.41) is 7.88. The van der Waals surface area contributed by atoms with E-state index in [0.717, 1.165) is 0 Å². The predicted molar refractivity (Wildman–Crippen MR) is 70.7 cm³/mol. The van der Waals surface area contributed by atoms with E-state index in [1.165, 1.54) is 0 Å². The van der Waals surface area contributed by atoms with Gasteiger partial charge in [0.1, 0.15) is 11.4 Å². The van der Waals surface area contributed by atoms with Crippen molar-refractivity contribution < 1.29 is 0 Å². The first-order valence-corrected chi connectivity index (χ1v) is 5.67. The van der Waals surface area contributed by atoms with E-state index in [1.54, 1.807) is 12.4 Å². The van der Waals surface area contributed by atoms with Crippen LogP contribution in [0.1, 0.15) is 0 Å². The fourth-order valence-corrected chi connectivity index (χ4v) is 1.70. The summed E-state index contributed by atoms with van der Waals surface area (Å²) >= 11 is 0. The van der Waals surface area contributed by atoms with Gasteiger partial charge in [-0.05, 0) is 24.3 Å². The lowest BCUT2D eigenvalue weighted by atomic mass is 10.1. The fraction of sp³-hybridized carbons (Fsp3) is 0. The molecule has 0 aliphatic heterocycles. The van der Waals surface area contributed by atoms with Gasteiger partial charge in [0, 0.05) is 12.4 Å². The zero-order chi connectivity index (χ0) is 13.1. The number of nitrogens with two attached hydrogens (primary N) is 1. The Hall–Kier alpha value is -2.89. The van der Waals surface area contributed by atoms with E-state index in [1.807, 2.05) is 36.4 Å². The number of pyridine rings is 2. The molecule has 0 aliphatic rings. The third-order valence-electron chi connectivity index (χ3n) is 2.52. The summed E-state index contributed by atoms with van der Waals surface area (Å²) in [6, 6.07) is 11.1. The Labute approximate surface area is 109 Å². The van der Waals surface area contributed by atoms with Crippen LogP contribution in [0.5, 0.6) is 0 Å². The van der Waals surface area contributed by atoms with Gasteiger partial charge in [0.2, 0.25) is 5.95 Å². The van der Waals surface area contributed by atoms with E-state index in [9.17, 15) is 0 Å². The van der Waals surface area contributed by atoms with Gasteiger partial charge in [-0.2, -0.15) is 0 Å². The molecule has 0 amide bonds. The Morgan fingerprint density at radius 2 is 1.37 bits per heavy atom. The van der Waals surface area contributed by atoms with Crippen LogP contribution in [-0.2, 0) is 0 Å². The molecule has 0 bridgehead atoms. The zero-order valence-corrected chi connectivity index (χ0v) is 9.93. The Morgan fingerprint density at radius 1 is 0.737 bits per heavy atom. The van der Waals surface area contributed by atoms with Crippen molar-refractivity contribution in [3.63, 3.8) is 0 Å². The first-order chi connectivity index (χ1) is 9.34. The van der Waals surface area contributed by atoms with Gasteiger partial charge in [-0.1, -0.05) is 12.1 Å². The highest BCUT2D eigenvalue weighted by Gasteiger charge is 2.14. The maximum Gasteiger partial charge on any atom is 0.240 e. The number of hydrogen-bond donors (Lipinski definition) is 1. The summed E-state index contributed by atoms with van der Waals surface area (Å²) in [7, 11) is 0. The number of hydrogen-bond acceptors (Lipinski definition) is 6. The van der Waals surface area contributed by atoms with Crippen LogP contribution in [0.25, 0.3) is 22.8 Å². The Kier molecular flexibility index (Phi) is 2.82. The van der Waals surface area contributed by atoms with Crippen LogP contribution in [-0.4, -0.2) is 25.1 Å². The summed E-state index contributed by atoms with van der Waals surface area (Å²) in [5.41, 5.74) is 8.12. The van der Waals surface area contributed by atoms with Crippen LogP contribution >= 0.6 is 0 Å². The summed E-state index contributed by atoms with van der Waals surface area (Å²) in [5.74, 6) is 0.111. The average molecular weight is 250 g/mol. The Balaban J connectivity index is 2.21. The molecule has 3 aromatic rings. The second kappa shape index (κ2) is 4.77. The van der Waals surface area contributed by atoms with Crippen molar-refractivity contribution in [3.8, 4) is 22.8 Å². The van der Waals surface area contributed by atoms with Crippen molar-refractivity contribution in [2.45, 2.75) is 0 Å². The van der Waals surface area contributed by atoms with Crippen molar-refractivity contribution >= 4 is 5.95 Å². The third-order valence-corrected chi connectivity index (χ3v) is 2.52. The molecule has 2 N–H and O–H groups in total. The van der Waals surface area contributed by atoms with E-state index in [-0.39, 0.29) is 5.95 Å². The maximum atomic E-state index is 5.61. The van der Waals surface area contributed by atoms with Gasteiger partial charge >= 0.3 is 0 Å². The van der Waals surface area contributed by atoms with Crippen LogP contribution in [0.2, 0.25) is 0 Å². The topological polar surface area (TPSA) is 90.5 Å². The molecular formula is C13H10N6. The maximum absolute atomic E-state index is 5.61. The van der Waals surface area contributed by atoms with E-state index >= 15 is 0 Å². The first kappa shape index (κ1) is 11.2. The van der Waals surface area contributed by atoms with Crippen LogP contribution in [0.3, 0.4) is 0 Å². The van der Waals surface area contributed by atoms with Crippen LogP contribution in [0, 0.1) is 0 Å². The zero-order valence-electron chi connectivity index (χ0n) is 9.93. The lowest BCUT2D eigenvalue weighted by molar-refractivity contribution is 0.986. The minimum absolute atomic E-state index is 0.111. The Morgan fingerprint density at radius 3 is 1.95 bits per heavy atom. The smallest absolute Gasteiger partial charge is 0.240 e. The molecule has 0 saturated heterocycles. The summed E-state index contributed by atoms with van der Waals surface area (Å²) in [4.78, 5) is 12.7. The number of rotatable bonds is 2. The van der Waals surface area contributed by atoms with Crippen LogP contribution in [0.15, 0.2) is 48.8 Å². The molecule has 0 saturated carbocycles. The SMILES string of the molecule is Nc1nnc(-c2ccccn2)c(-c2ccccn2)n1. The van der Waals surface area contributed by atoms with Gasteiger partial charge < -0.3 is 5.73 Å². The highest BCUT2D eigenvalue weighted by molar-refractivity contribution is 5.73. The Bertz CT molecular complexity index is 684. The van der Waals surface area contributed by atoms with Crippen LogP contribution < -0.4 is 5.73 Å². The molecule has 0 unspecified atom stereocenters. The highest BCUT2D eigenvalue weighted by Crippen LogP contribution is 2.25. The lowest BCUT2D eigenvalue weighted by Crippen LogP contribution is -2.03. The summed E-state index contributed by atoms with van der Waals surface area (Å²) in [6.45, 7) is 0. The lowest BCUT2D eigenvalue weighted by Gasteiger charge is -2.06. The highest BCUT2D eigenvalue weighted by atomic mass is 15.2. The van der Waals surface area contributed by atoms with Gasteiger partial charge in [-0.3, -0.25) is 9.97 Å². The number of anilines is 1. The normalized spacial score (nSPS) is 10.3. The first-order valence-electron chi connectivity index (χ1n) is 5.67. The van der Waals surface area contributed by atoms with Crippen LogP contribution in [0.4, 0.5) is 5.95 Å². The van der Waals surface area contributed by atoms with E-state index in [4.69, 9.17) is 5.73 Å². The molecule has 0 aliphatic carbocycles. The van der Waals surface area contributed by atoms with Gasteiger partial charge in [-0.25, -0.2) is 4.98 Å². The van der Waals surface area contributed by atoms with Crippen molar-refractivity contribution in [2.75, 3.05) is 5.73 Å². The molecule has 3 aromatic heterocycles. The minimum atomic E-state index is 0.111. The second-order valence-corrected chi connectivity index (χ2v) is 3.80. The number of nitrogens with zero attached hydrogens (tertiary/aromatic N) is 5. The quantitative estimate of drug-likeness (QED) is 0.742. The molecule has 0 spiro atoms. The van der Waals surface area contributed by atoms with Gasteiger partial charge in [0.05, 0.1) is 11.4 Å². The predicted octanol–water partition coefficient (Wildman–Crippen LogP) is 1.58. The molecule has 3 rings (SSSR count). The van der Waals surface area contributed by atoms with Gasteiger partial charge in [-0.15, -0.1) is 10.2 Å². The molecule has 0 aromatic carbocycles. The third kappa shape index (κ3) is 2.23.